The van der Waals surface area contributed by atoms with Gasteiger partial charge in [-0.1, -0.05) is 20.8 Å². The molecule has 2 atom stereocenters. The summed E-state index contributed by atoms with van der Waals surface area (Å²) in [6, 6.07) is 0.109. The van der Waals surface area contributed by atoms with Crippen LogP contribution in [0.4, 0.5) is 4.79 Å². The number of carbonyl (C=O) groups excluding carboxylic acids is 1. The van der Waals surface area contributed by atoms with E-state index in [1.165, 1.54) is 0 Å². The lowest BCUT2D eigenvalue weighted by molar-refractivity contribution is 0.0124. The van der Waals surface area contributed by atoms with E-state index in [0.29, 0.717) is 12.5 Å². The van der Waals surface area contributed by atoms with Crippen LogP contribution in [0.15, 0.2) is 0 Å². The van der Waals surface area contributed by atoms with E-state index in [1.54, 1.807) is 0 Å². The molecule has 0 saturated carbocycles. The first-order valence-electron chi connectivity index (χ1n) is 7.24. The van der Waals surface area contributed by atoms with E-state index < -0.39 is 5.60 Å². The van der Waals surface area contributed by atoms with Gasteiger partial charge in [0.15, 0.2) is 0 Å². The molecule has 4 heteroatoms. The van der Waals surface area contributed by atoms with Crippen molar-refractivity contribution in [2.75, 3.05) is 13.1 Å². The topological polar surface area (TPSA) is 55.6 Å². The van der Waals surface area contributed by atoms with Gasteiger partial charge in [-0.15, -0.1) is 0 Å². The highest BCUT2D eigenvalue weighted by atomic mass is 16.6. The van der Waals surface area contributed by atoms with Crippen molar-refractivity contribution < 1.29 is 9.53 Å². The van der Waals surface area contributed by atoms with Crippen LogP contribution in [0.25, 0.3) is 0 Å². The summed E-state index contributed by atoms with van der Waals surface area (Å²) >= 11 is 0. The SMILES string of the molecule is CC(C)(C)OC(=O)N1CCC[C@@H]([C@H](N)C(C)(C)C)C1. The van der Waals surface area contributed by atoms with Crippen LogP contribution in [0, 0.1) is 11.3 Å². The van der Waals surface area contributed by atoms with Crippen molar-refractivity contribution in [1.29, 1.82) is 0 Å². The van der Waals surface area contributed by atoms with E-state index in [-0.39, 0.29) is 17.6 Å². The Hall–Kier alpha value is -0.770. The molecule has 0 aromatic heterocycles. The lowest BCUT2D eigenvalue weighted by Crippen LogP contribution is -2.51. The molecule has 0 bridgehead atoms. The molecular weight excluding hydrogens is 240 g/mol. The summed E-state index contributed by atoms with van der Waals surface area (Å²) in [5.74, 6) is 0.362. The van der Waals surface area contributed by atoms with Gasteiger partial charge in [0.1, 0.15) is 5.60 Å². The van der Waals surface area contributed by atoms with Crippen LogP contribution in [-0.4, -0.2) is 35.7 Å². The number of ether oxygens (including phenoxy) is 1. The van der Waals surface area contributed by atoms with Crippen LogP contribution in [0.1, 0.15) is 54.4 Å². The zero-order valence-corrected chi connectivity index (χ0v) is 13.3. The second-order valence-electron chi connectivity index (χ2n) is 7.72. The molecule has 112 valence electrons. The largest absolute Gasteiger partial charge is 0.444 e. The molecule has 2 N–H and O–H groups in total. The Balaban J connectivity index is 2.62. The van der Waals surface area contributed by atoms with Gasteiger partial charge in [0, 0.05) is 19.1 Å². The molecule has 4 nitrogen and oxygen atoms in total. The van der Waals surface area contributed by atoms with Crippen LogP contribution < -0.4 is 5.73 Å². The summed E-state index contributed by atoms with van der Waals surface area (Å²) < 4.78 is 5.44. The predicted octanol–water partition coefficient (Wildman–Crippen LogP) is 3.01. The lowest BCUT2D eigenvalue weighted by Gasteiger charge is -2.40. The van der Waals surface area contributed by atoms with Crippen molar-refractivity contribution >= 4 is 6.09 Å². The molecule has 0 spiro atoms. The van der Waals surface area contributed by atoms with Crippen molar-refractivity contribution in [2.24, 2.45) is 17.1 Å². The smallest absolute Gasteiger partial charge is 0.410 e. The number of hydrogen-bond donors (Lipinski definition) is 1. The minimum atomic E-state index is -0.434. The van der Waals surface area contributed by atoms with E-state index in [0.717, 1.165) is 19.4 Å². The minimum absolute atomic E-state index is 0.0710. The second-order valence-corrected chi connectivity index (χ2v) is 7.72. The molecule has 1 fully saturated rings. The standard InChI is InChI=1S/C15H30N2O2/c1-14(2,3)12(16)11-8-7-9-17(10-11)13(18)19-15(4,5)6/h11-12H,7-10,16H2,1-6H3/t11-,12+/m1/s1. The summed E-state index contributed by atoms with van der Waals surface area (Å²) in [5, 5.41) is 0. The number of rotatable bonds is 1. The normalized spacial score (nSPS) is 23.1. The quantitative estimate of drug-likeness (QED) is 0.797. The van der Waals surface area contributed by atoms with Gasteiger partial charge in [-0.05, 0) is 44.9 Å². The van der Waals surface area contributed by atoms with Gasteiger partial charge in [-0.2, -0.15) is 0 Å². The highest BCUT2D eigenvalue weighted by Gasteiger charge is 2.34. The maximum Gasteiger partial charge on any atom is 0.410 e. The monoisotopic (exact) mass is 270 g/mol. The molecule has 0 aromatic carbocycles. The number of piperidine rings is 1. The summed E-state index contributed by atoms with van der Waals surface area (Å²) in [7, 11) is 0. The number of hydrogen-bond acceptors (Lipinski definition) is 3. The van der Waals surface area contributed by atoms with E-state index in [2.05, 4.69) is 20.8 Å². The molecule has 0 aliphatic carbocycles. The van der Waals surface area contributed by atoms with Gasteiger partial charge in [0.05, 0.1) is 0 Å². The van der Waals surface area contributed by atoms with E-state index in [9.17, 15) is 4.79 Å². The highest BCUT2D eigenvalue weighted by molar-refractivity contribution is 5.68. The highest BCUT2D eigenvalue weighted by Crippen LogP contribution is 2.29. The van der Waals surface area contributed by atoms with Crippen molar-refractivity contribution in [3.8, 4) is 0 Å². The Morgan fingerprint density at radius 1 is 1.26 bits per heavy atom. The zero-order chi connectivity index (χ0) is 14.8. The Morgan fingerprint density at radius 3 is 2.32 bits per heavy atom. The Bertz CT molecular complexity index is 315. The Morgan fingerprint density at radius 2 is 1.84 bits per heavy atom. The molecule has 19 heavy (non-hydrogen) atoms. The summed E-state index contributed by atoms with van der Waals surface area (Å²) in [5.41, 5.74) is 5.97. The minimum Gasteiger partial charge on any atom is -0.444 e. The molecule has 0 unspecified atom stereocenters. The molecule has 1 aliphatic rings. The molecule has 0 aromatic rings. The van der Waals surface area contributed by atoms with E-state index >= 15 is 0 Å². The van der Waals surface area contributed by atoms with Crippen molar-refractivity contribution in [3.05, 3.63) is 0 Å². The molecule has 1 saturated heterocycles. The van der Waals surface area contributed by atoms with Crippen molar-refractivity contribution in [3.63, 3.8) is 0 Å². The van der Waals surface area contributed by atoms with Crippen LogP contribution >= 0.6 is 0 Å². The molecule has 1 amide bonds. The first-order chi connectivity index (χ1) is 8.50. The summed E-state index contributed by atoms with van der Waals surface area (Å²) in [6.07, 6.45) is 1.89. The van der Waals surface area contributed by atoms with E-state index in [4.69, 9.17) is 10.5 Å². The second kappa shape index (κ2) is 5.70. The Labute approximate surface area is 117 Å². The van der Waals surface area contributed by atoms with Gasteiger partial charge in [0.2, 0.25) is 0 Å². The van der Waals surface area contributed by atoms with Gasteiger partial charge in [0.25, 0.3) is 0 Å². The maximum atomic E-state index is 12.1. The van der Waals surface area contributed by atoms with Crippen molar-refractivity contribution in [1.82, 2.24) is 4.90 Å². The molecule has 1 heterocycles. The maximum absolute atomic E-state index is 12.1. The fourth-order valence-electron chi connectivity index (χ4n) is 2.50. The average molecular weight is 270 g/mol. The third-order valence-electron chi connectivity index (χ3n) is 3.62. The third kappa shape index (κ3) is 5.01. The first kappa shape index (κ1) is 16.3. The van der Waals surface area contributed by atoms with Crippen LogP contribution in [0.2, 0.25) is 0 Å². The van der Waals surface area contributed by atoms with E-state index in [1.807, 2.05) is 25.7 Å². The zero-order valence-electron chi connectivity index (χ0n) is 13.3. The number of nitrogens with zero attached hydrogens (tertiary/aromatic N) is 1. The fourth-order valence-corrected chi connectivity index (χ4v) is 2.50. The molecular formula is C15H30N2O2. The average Bonchev–Trinajstić information content (AvgIpc) is 2.24. The molecule has 1 rings (SSSR count). The van der Waals surface area contributed by atoms with Gasteiger partial charge in [-0.25, -0.2) is 4.79 Å². The lowest BCUT2D eigenvalue weighted by atomic mass is 9.76. The van der Waals surface area contributed by atoms with Crippen LogP contribution in [0.5, 0.6) is 0 Å². The van der Waals surface area contributed by atoms with Crippen molar-refractivity contribution in [2.45, 2.75) is 66.0 Å². The van der Waals surface area contributed by atoms with Crippen LogP contribution in [-0.2, 0) is 4.74 Å². The Kier molecular flexibility index (Phi) is 4.88. The fraction of sp³-hybridized carbons (Fsp3) is 0.933. The number of amides is 1. The molecule has 0 radical (unpaired) electrons. The van der Waals surface area contributed by atoms with Crippen LogP contribution in [0.3, 0.4) is 0 Å². The third-order valence-corrected chi connectivity index (χ3v) is 3.62. The van der Waals surface area contributed by atoms with Gasteiger partial charge in [-0.3, -0.25) is 0 Å². The number of likely N-dealkylation sites (tertiary alicyclic amines) is 1. The number of carbonyl (C=O) groups is 1. The molecule has 1 aliphatic heterocycles. The first-order valence-corrected chi connectivity index (χ1v) is 7.24. The summed E-state index contributed by atoms with van der Waals surface area (Å²) in [4.78, 5) is 13.9. The number of nitrogens with two attached hydrogens (primary N) is 1. The van der Waals surface area contributed by atoms with Gasteiger partial charge < -0.3 is 15.4 Å². The summed E-state index contributed by atoms with van der Waals surface area (Å²) in [6.45, 7) is 13.7. The van der Waals surface area contributed by atoms with Gasteiger partial charge >= 0.3 is 6.09 Å². The predicted molar refractivity (Wildman–Crippen MR) is 78.0 cm³/mol.